The number of carbonyl (C=O) groups is 2. The third kappa shape index (κ3) is 47.7. The molecule has 0 aromatic carbocycles. The van der Waals surface area contributed by atoms with Crippen molar-refractivity contribution < 1.29 is 47.8 Å². The molecule has 0 saturated carbocycles. The van der Waals surface area contributed by atoms with Gasteiger partial charge in [-0.1, -0.05) is 196 Å². The molecule has 0 aromatic rings. The van der Waals surface area contributed by atoms with Crippen LogP contribution < -0.4 is 0 Å². The van der Waals surface area contributed by atoms with Crippen LogP contribution in [0.15, 0.2) is 72.9 Å². The number of esters is 2. The van der Waals surface area contributed by atoms with Crippen LogP contribution >= 0.6 is 7.82 Å². The van der Waals surface area contributed by atoms with Crippen LogP contribution in [0.4, 0.5) is 0 Å². The van der Waals surface area contributed by atoms with Gasteiger partial charge in [0.1, 0.15) is 12.2 Å². The lowest BCUT2D eigenvalue weighted by Gasteiger charge is -2.20. The predicted octanol–water partition coefficient (Wildman–Crippen LogP) is 14.8. The van der Waals surface area contributed by atoms with Crippen LogP contribution in [0, 0.1) is 0 Å². The van der Waals surface area contributed by atoms with Gasteiger partial charge in [-0.3, -0.25) is 18.6 Å². The Morgan fingerprint density at radius 2 is 0.723 bits per heavy atom. The van der Waals surface area contributed by atoms with Crippen LogP contribution in [0.5, 0.6) is 0 Å². The lowest BCUT2D eigenvalue weighted by molar-refractivity contribution is -0.153. The van der Waals surface area contributed by atoms with Crippen molar-refractivity contribution in [3.63, 3.8) is 0 Å². The molecule has 3 N–H and O–H groups in total. The van der Waals surface area contributed by atoms with Crippen LogP contribution in [-0.4, -0.2) is 65.7 Å². The SMILES string of the molecule is CC/C=C\C/C=C\C/C=C\C/C=C\CCCCCCCCC(=O)OC(CO)COP(=O)(O)OCC(CO)OC(=O)CCCCCCCCCCCCC/C=C\C/C=C\CCCCCCC. The monoisotopic (exact) mass is 935 g/mol. The fourth-order valence-electron chi connectivity index (χ4n) is 6.96. The van der Waals surface area contributed by atoms with Crippen LogP contribution in [0.3, 0.4) is 0 Å². The summed E-state index contributed by atoms with van der Waals surface area (Å²) >= 11 is 0. The third-order valence-electron chi connectivity index (χ3n) is 10.9. The molecular formula is C54H95O10P. The molecule has 0 aliphatic carbocycles. The summed E-state index contributed by atoms with van der Waals surface area (Å²) in [6.45, 7) is 2.09. The van der Waals surface area contributed by atoms with E-state index in [4.69, 9.17) is 18.5 Å². The summed E-state index contributed by atoms with van der Waals surface area (Å²) in [5, 5.41) is 19.3. The zero-order chi connectivity index (χ0) is 47.6. The van der Waals surface area contributed by atoms with Gasteiger partial charge in [0.05, 0.1) is 26.4 Å². The lowest BCUT2D eigenvalue weighted by atomic mass is 10.0. The summed E-state index contributed by atoms with van der Waals surface area (Å²) in [6, 6.07) is 0. The highest BCUT2D eigenvalue weighted by Crippen LogP contribution is 2.43. The van der Waals surface area contributed by atoms with E-state index in [-0.39, 0.29) is 12.8 Å². The van der Waals surface area contributed by atoms with Crippen LogP contribution in [-0.2, 0) is 32.7 Å². The largest absolute Gasteiger partial charge is 0.472 e. The van der Waals surface area contributed by atoms with Crippen LogP contribution in [0.1, 0.15) is 219 Å². The Morgan fingerprint density at radius 3 is 1.05 bits per heavy atom. The summed E-state index contributed by atoms with van der Waals surface area (Å²) in [5.74, 6) is -1.03. The maximum Gasteiger partial charge on any atom is 0.472 e. The van der Waals surface area contributed by atoms with Gasteiger partial charge >= 0.3 is 19.8 Å². The van der Waals surface area contributed by atoms with Gasteiger partial charge in [-0.25, -0.2) is 4.57 Å². The number of carbonyl (C=O) groups excluding carboxylic acids is 2. The van der Waals surface area contributed by atoms with Gasteiger partial charge in [-0.15, -0.1) is 0 Å². The second-order valence-electron chi connectivity index (χ2n) is 17.1. The molecule has 0 radical (unpaired) electrons. The fraction of sp³-hybridized carbons (Fsp3) is 0.741. The molecule has 3 unspecified atom stereocenters. The maximum atomic E-state index is 12.4. The molecule has 11 heteroatoms. The number of aliphatic hydroxyl groups excluding tert-OH is 2. The molecule has 0 fully saturated rings. The molecule has 376 valence electrons. The topological polar surface area (TPSA) is 149 Å². The van der Waals surface area contributed by atoms with Crippen molar-refractivity contribution in [2.24, 2.45) is 0 Å². The zero-order valence-corrected chi connectivity index (χ0v) is 42.1. The first kappa shape index (κ1) is 62.4. The first-order valence-corrected chi connectivity index (χ1v) is 27.4. The quantitative estimate of drug-likeness (QED) is 0.0233. The summed E-state index contributed by atoms with van der Waals surface area (Å²) in [5.41, 5.74) is 0. The third-order valence-corrected chi connectivity index (χ3v) is 11.9. The number of phosphoric ester groups is 1. The van der Waals surface area contributed by atoms with E-state index < -0.39 is 58.4 Å². The standard InChI is InChI=1S/C54H95O10P/c1-3-5-7-9-11-13-15-17-19-21-23-24-25-26-28-30-32-34-36-38-40-42-44-46-54(58)64-52(48-56)50-62-65(59,60)61-49-51(47-55)63-53(57)45-43-41-39-37-35-33-31-29-27-22-20-18-16-14-12-10-8-6-4-2/h6,8,12,14-15,17-18,20-21,23,27,29,51-52,55-56H,3-5,7,9-11,13,16,19,22,24-26,28,30-50H2,1-2H3,(H,59,60)/b8-6-,14-12-,17-15-,20-18-,23-21-,29-27-. The molecule has 0 amide bonds. The summed E-state index contributed by atoms with van der Waals surface area (Å²) < 4.78 is 32.7. The molecule has 0 aliphatic rings. The van der Waals surface area contributed by atoms with E-state index in [0.717, 1.165) is 89.9 Å². The molecule has 0 spiro atoms. The minimum atomic E-state index is -4.65. The first-order chi connectivity index (χ1) is 31.8. The Labute approximate surface area is 397 Å². The Morgan fingerprint density at radius 1 is 0.431 bits per heavy atom. The minimum Gasteiger partial charge on any atom is -0.457 e. The van der Waals surface area contributed by atoms with E-state index in [2.05, 4.69) is 86.8 Å². The molecule has 10 nitrogen and oxygen atoms in total. The van der Waals surface area contributed by atoms with E-state index in [1.54, 1.807) is 0 Å². The van der Waals surface area contributed by atoms with Crippen molar-refractivity contribution >= 4 is 19.8 Å². The molecule has 0 heterocycles. The van der Waals surface area contributed by atoms with Gasteiger partial charge in [0.25, 0.3) is 0 Å². The number of allylic oxidation sites excluding steroid dienone is 12. The summed E-state index contributed by atoms with van der Waals surface area (Å²) in [4.78, 5) is 34.7. The molecule has 0 aliphatic heterocycles. The Balaban J connectivity index is 3.86. The average Bonchev–Trinajstić information content (AvgIpc) is 3.30. The van der Waals surface area contributed by atoms with E-state index >= 15 is 0 Å². The summed E-state index contributed by atoms with van der Waals surface area (Å²) in [6.07, 6.45) is 58.7. The number of unbranched alkanes of at least 4 members (excludes halogenated alkanes) is 22. The van der Waals surface area contributed by atoms with Gasteiger partial charge in [0.15, 0.2) is 0 Å². The Hall–Kier alpha value is -2.59. The van der Waals surface area contributed by atoms with Crippen molar-refractivity contribution in [1.82, 2.24) is 0 Å². The number of phosphoric acid groups is 1. The number of rotatable bonds is 48. The van der Waals surface area contributed by atoms with Crippen LogP contribution in [0.2, 0.25) is 0 Å². The molecule has 3 atom stereocenters. The normalized spacial score (nSPS) is 14.2. The van der Waals surface area contributed by atoms with Gasteiger partial charge in [0.2, 0.25) is 0 Å². The maximum absolute atomic E-state index is 12.4. The Bertz CT molecular complexity index is 1310. The van der Waals surface area contributed by atoms with Gasteiger partial charge in [0, 0.05) is 12.8 Å². The fourth-order valence-corrected chi connectivity index (χ4v) is 7.74. The zero-order valence-electron chi connectivity index (χ0n) is 41.2. The van der Waals surface area contributed by atoms with Crippen molar-refractivity contribution in [3.05, 3.63) is 72.9 Å². The van der Waals surface area contributed by atoms with E-state index in [1.165, 1.54) is 89.9 Å². The average molecular weight is 935 g/mol. The van der Waals surface area contributed by atoms with E-state index in [9.17, 15) is 29.3 Å². The van der Waals surface area contributed by atoms with Crippen molar-refractivity contribution in [2.45, 2.75) is 232 Å². The van der Waals surface area contributed by atoms with Crippen molar-refractivity contribution in [2.75, 3.05) is 26.4 Å². The Kier molecular flexibility index (Phi) is 47.4. The molecule has 0 aromatic heterocycles. The first-order valence-electron chi connectivity index (χ1n) is 25.9. The predicted molar refractivity (Wildman–Crippen MR) is 270 cm³/mol. The number of ether oxygens (including phenoxy) is 2. The van der Waals surface area contributed by atoms with Gasteiger partial charge in [-0.05, 0) is 83.5 Å². The van der Waals surface area contributed by atoms with Gasteiger partial charge in [-0.2, -0.15) is 0 Å². The number of aliphatic hydroxyl groups is 2. The number of hydrogen-bond donors (Lipinski definition) is 3. The molecule has 0 bridgehead atoms. The highest BCUT2D eigenvalue weighted by molar-refractivity contribution is 7.47. The molecule has 65 heavy (non-hydrogen) atoms. The minimum absolute atomic E-state index is 0.173. The summed E-state index contributed by atoms with van der Waals surface area (Å²) in [7, 11) is -4.65. The van der Waals surface area contributed by atoms with Crippen molar-refractivity contribution in [1.29, 1.82) is 0 Å². The van der Waals surface area contributed by atoms with Crippen LogP contribution in [0.25, 0.3) is 0 Å². The lowest BCUT2D eigenvalue weighted by Crippen LogP contribution is -2.28. The molecule has 0 saturated heterocycles. The molecule has 0 rings (SSSR count). The smallest absolute Gasteiger partial charge is 0.457 e. The highest BCUT2D eigenvalue weighted by Gasteiger charge is 2.27. The highest BCUT2D eigenvalue weighted by atomic mass is 31.2. The van der Waals surface area contributed by atoms with Crippen molar-refractivity contribution in [3.8, 4) is 0 Å². The van der Waals surface area contributed by atoms with E-state index in [1.807, 2.05) is 0 Å². The second kappa shape index (κ2) is 49.3. The van der Waals surface area contributed by atoms with Gasteiger partial charge < -0.3 is 24.6 Å². The second-order valence-corrected chi connectivity index (χ2v) is 18.6. The van der Waals surface area contributed by atoms with E-state index in [0.29, 0.717) is 12.8 Å². The number of hydrogen-bond acceptors (Lipinski definition) is 9. The molecular weight excluding hydrogens is 840 g/mol.